The van der Waals surface area contributed by atoms with Crippen LogP contribution in [0.1, 0.15) is 20.8 Å². The van der Waals surface area contributed by atoms with Crippen LogP contribution in [0, 0.1) is 12.8 Å². The number of benzene rings is 2. The topological polar surface area (TPSA) is 0 Å². The van der Waals surface area contributed by atoms with Crippen molar-refractivity contribution in [1.82, 2.24) is 0 Å². The maximum Gasteiger partial charge on any atom is 4.00 e. The van der Waals surface area contributed by atoms with Gasteiger partial charge in [-0.15, -0.1) is 59.3 Å². The smallest absolute Gasteiger partial charge is 0.364 e. The standard InChI is InChI=1S/2C9H7.C4H9Si.C2H5.Zr/c2*1-2-5-9-7-3-6-8(9)4-1;1-4(2)3-5;1-2;/h2*1-7H;3H,5H2,1-2H3;1H2,2H3;/q4*-1;+4. The van der Waals surface area contributed by atoms with Crippen LogP contribution >= 0.6 is 0 Å². The van der Waals surface area contributed by atoms with Gasteiger partial charge in [-0.25, -0.2) is 5.67 Å². The first kappa shape index (κ1) is 24.5. The first-order valence-corrected chi connectivity index (χ1v) is 9.36. The van der Waals surface area contributed by atoms with Crippen LogP contribution in [0.3, 0.4) is 0 Å². The van der Waals surface area contributed by atoms with Crippen LogP contribution in [0.5, 0.6) is 0 Å². The van der Waals surface area contributed by atoms with E-state index in [0.29, 0.717) is 0 Å². The Kier molecular flexibility index (Phi) is 13.8. The molecule has 4 rings (SSSR count). The summed E-state index contributed by atoms with van der Waals surface area (Å²) in [6.45, 7) is 9.18. The molecule has 0 aliphatic carbocycles. The molecule has 0 amide bonds. The van der Waals surface area contributed by atoms with Crippen LogP contribution in [-0.2, 0) is 26.2 Å². The van der Waals surface area contributed by atoms with Gasteiger partial charge in [0, 0.05) is 0 Å². The van der Waals surface area contributed by atoms with Gasteiger partial charge < -0.3 is 12.8 Å². The quantitative estimate of drug-likeness (QED) is 0.254. The van der Waals surface area contributed by atoms with E-state index in [4.69, 9.17) is 0 Å². The molecule has 2 heteroatoms. The van der Waals surface area contributed by atoms with E-state index in [2.05, 4.69) is 111 Å². The minimum absolute atomic E-state index is 0. The van der Waals surface area contributed by atoms with E-state index in [1.807, 2.05) is 9.85 Å². The zero-order valence-corrected chi connectivity index (χ0v) is 19.9. The Bertz CT molecular complexity index is 713. The second-order valence-electron chi connectivity index (χ2n) is 5.59. The molecular formula is C24H28SiZr. The predicted molar refractivity (Wildman–Crippen MR) is 119 cm³/mol. The largest absolute Gasteiger partial charge is 4.00 e. The summed E-state index contributed by atoms with van der Waals surface area (Å²) in [6, 6.07) is 29.3. The summed E-state index contributed by atoms with van der Waals surface area (Å²) in [5, 5.41) is 5.32. The van der Waals surface area contributed by atoms with Crippen molar-refractivity contribution in [3.05, 3.63) is 97.8 Å². The number of hydrogen-bond acceptors (Lipinski definition) is 0. The number of hydrogen-bond donors (Lipinski definition) is 0. The Morgan fingerprint density at radius 2 is 1.12 bits per heavy atom. The summed E-state index contributed by atoms with van der Waals surface area (Å²) in [5.41, 5.74) is 2.11. The molecular weight excluding hydrogens is 408 g/mol. The molecule has 0 aliphatic heterocycles. The van der Waals surface area contributed by atoms with Crippen LogP contribution in [0.2, 0.25) is 0 Å². The first-order chi connectivity index (χ1) is 12.2. The maximum atomic E-state index is 3.25. The second kappa shape index (κ2) is 14.6. The van der Waals surface area contributed by atoms with Crippen molar-refractivity contribution >= 4 is 37.1 Å². The minimum atomic E-state index is 0. The third-order valence-corrected chi connectivity index (χ3v) is 4.32. The molecule has 4 aromatic carbocycles. The number of rotatable bonds is 1. The fourth-order valence-corrected chi connectivity index (χ4v) is 2.14. The second-order valence-corrected chi connectivity index (χ2v) is 6.00. The van der Waals surface area contributed by atoms with Gasteiger partial charge >= 0.3 is 26.2 Å². The molecule has 0 radical (unpaired) electrons. The average Bonchev–Trinajstić information content (AvgIpc) is 3.33. The normalized spacial score (nSPS) is 8.62. The van der Waals surface area contributed by atoms with Crippen molar-refractivity contribution in [2.75, 3.05) is 0 Å². The SMILES string of the molecule is C[C-](C)C=[SiH2].[CH2-]C.[Zr+4].c1ccc2[cH-]ccc2c1.c1ccc2[cH-]ccc2c1. The van der Waals surface area contributed by atoms with E-state index in [0.717, 1.165) is 0 Å². The molecule has 0 heterocycles. The summed E-state index contributed by atoms with van der Waals surface area (Å²) in [7, 11) is 1.87. The minimum Gasteiger partial charge on any atom is -0.364 e. The van der Waals surface area contributed by atoms with Gasteiger partial charge in [0.05, 0.1) is 0 Å². The Morgan fingerprint density at radius 1 is 0.769 bits per heavy atom. The van der Waals surface area contributed by atoms with Crippen LogP contribution in [-0.4, -0.2) is 15.5 Å². The van der Waals surface area contributed by atoms with Crippen LogP contribution in [0.25, 0.3) is 21.5 Å². The molecule has 0 N–H and O–H groups in total. The van der Waals surface area contributed by atoms with Crippen molar-refractivity contribution < 1.29 is 26.2 Å². The van der Waals surface area contributed by atoms with Crippen LogP contribution in [0.15, 0.2) is 84.9 Å². The van der Waals surface area contributed by atoms with E-state index >= 15 is 0 Å². The van der Waals surface area contributed by atoms with Gasteiger partial charge in [-0.1, -0.05) is 22.0 Å². The van der Waals surface area contributed by atoms with Crippen molar-refractivity contribution in [3.8, 4) is 0 Å². The van der Waals surface area contributed by atoms with Crippen molar-refractivity contribution in [3.63, 3.8) is 0 Å². The van der Waals surface area contributed by atoms with Crippen molar-refractivity contribution in [1.29, 1.82) is 0 Å². The summed E-state index contributed by atoms with van der Waals surface area (Å²) < 4.78 is 0. The van der Waals surface area contributed by atoms with E-state index < -0.39 is 0 Å². The molecule has 0 spiro atoms. The molecule has 4 aromatic rings. The Hall–Kier alpha value is -1.50. The number of fused-ring (bicyclic) bond motifs is 2. The van der Waals surface area contributed by atoms with E-state index in [1.165, 1.54) is 27.5 Å². The Labute approximate surface area is 181 Å². The molecule has 132 valence electrons. The molecule has 0 atom stereocenters. The first-order valence-electron chi connectivity index (χ1n) is 8.55. The summed E-state index contributed by atoms with van der Waals surface area (Å²) in [4.78, 5) is 0. The van der Waals surface area contributed by atoms with Gasteiger partial charge in [-0.2, -0.15) is 55.8 Å². The zero-order chi connectivity index (χ0) is 18.5. The maximum absolute atomic E-state index is 3.25. The van der Waals surface area contributed by atoms with Gasteiger partial charge in [-0.3, -0.25) is 0 Å². The van der Waals surface area contributed by atoms with E-state index in [-0.39, 0.29) is 26.2 Å². The fourth-order valence-electron chi connectivity index (χ4n) is 2.14. The fraction of sp³-hybridized carbons (Fsp3) is 0.125. The van der Waals surface area contributed by atoms with Crippen molar-refractivity contribution in [2.45, 2.75) is 20.8 Å². The summed E-state index contributed by atoms with van der Waals surface area (Å²) >= 11 is 0. The van der Waals surface area contributed by atoms with Gasteiger partial charge in [-0.05, 0) is 0 Å². The molecule has 26 heavy (non-hydrogen) atoms. The zero-order valence-electron chi connectivity index (χ0n) is 16.1. The van der Waals surface area contributed by atoms with E-state index in [1.54, 1.807) is 6.92 Å². The molecule has 0 aliphatic rings. The summed E-state index contributed by atoms with van der Waals surface area (Å²) in [5.74, 6) is 1.39. The third kappa shape index (κ3) is 8.74. The van der Waals surface area contributed by atoms with Gasteiger partial charge in [0.15, 0.2) is 0 Å². The Balaban J connectivity index is 0.000000352. The molecule has 0 fully saturated rings. The van der Waals surface area contributed by atoms with Crippen LogP contribution < -0.4 is 0 Å². The average molecular weight is 436 g/mol. The van der Waals surface area contributed by atoms with Crippen LogP contribution in [0.4, 0.5) is 0 Å². The van der Waals surface area contributed by atoms with E-state index in [9.17, 15) is 0 Å². The van der Waals surface area contributed by atoms with Crippen molar-refractivity contribution in [2.24, 2.45) is 0 Å². The molecule has 0 saturated carbocycles. The molecule has 0 aromatic heterocycles. The van der Waals surface area contributed by atoms with Gasteiger partial charge in [0.1, 0.15) is 0 Å². The van der Waals surface area contributed by atoms with Gasteiger partial charge in [0.2, 0.25) is 0 Å². The Morgan fingerprint density at radius 3 is 1.42 bits per heavy atom. The third-order valence-electron chi connectivity index (χ3n) is 3.50. The monoisotopic (exact) mass is 434 g/mol. The molecule has 0 saturated heterocycles. The summed E-state index contributed by atoms with van der Waals surface area (Å²) in [6.07, 6.45) is 0. The molecule has 0 unspecified atom stereocenters. The molecule has 0 bridgehead atoms. The van der Waals surface area contributed by atoms with Gasteiger partial charge in [0.25, 0.3) is 0 Å². The predicted octanol–water partition coefficient (Wildman–Crippen LogP) is 5.99. The molecule has 0 nitrogen and oxygen atoms in total.